The Morgan fingerprint density at radius 1 is 1.44 bits per heavy atom. The molecular weight excluding hydrogens is 234 g/mol. The smallest absolute Gasteiger partial charge is 0.378 e. The Morgan fingerprint density at radius 2 is 2.06 bits per heavy atom. The molecule has 16 heavy (non-hydrogen) atoms. The lowest BCUT2D eigenvalue weighted by molar-refractivity contribution is -0.000944. The molecule has 0 aromatic heterocycles. The molecule has 0 aromatic carbocycles. The Bertz CT molecular complexity index is 275. The topological polar surface area (TPSA) is 74.2 Å². The minimum absolute atomic E-state index is 0.170. The van der Waals surface area contributed by atoms with Gasteiger partial charge in [-0.3, -0.25) is 9.05 Å². The summed E-state index contributed by atoms with van der Waals surface area (Å²) in [6, 6.07) is -0.170. The lowest BCUT2D eigenvalue weighted by atomic mass is 9.92. The third-order valence-electron chi connectivity index (χ3n) is 2.70. The molecule has 1 N–H and O–H groups in total. The van der Waals surface area contributed by atoms with Crippen LogP contribution in [0.5, 0.6) is 0 Å². The third-order valence-corrected chi connectivity index (χ3v) is 3.67. The van der Waals surface area contributed by atoms with Crippen LogP contribution in [0.4, 0.5) is 0 Å². The van der Waals surface area contributed by atoms with Crippen molar-refractivity contribution in [2.45, 2.75) is 37.7 Å². The largest absolute Gasteiger partial charge is 0.472 e. The predicted octanol–water partition coefficient (Wildman–Crippen LogP) is -0.0986. The summed E-state index contributed by atoms with van der Waals surface area (Å²) in [5, 5.41) is 0. The first kappa shape index (κ1) is 14.2. The lowest BCUT2D eigenvalue weighted by Gasteiger charge is -2.23. The molecule has 1 saturated heterocycles. The average Bonchev–Trinajstić information content (AvgIpc) is 2.53. The van der Waals surface area contributed by atoms with E-state index in [0.29, 0.717) is 6.42 Å². The van der Waals surface area contributed by atoms with Crippen molar-refractivity contribution >= 4 is 15.7 Å². The molecule has 1 heterocycles. The standard InChI is InChI=1S/C8H18BO6P/c1-4-5-6(15-16(10,11)13-3)7(12-2)8(9)14-5/h5-8H,4,9H2,1-3H3,(H,10,11)/t5-,6?,7?,8-/m1/s1. The van der Waals surface area contributed by atoms with Gasteiger partial charge in [-0.2, -0.15) is 0 Å². The van der Waals surface area contributed by atoms with Gasteiger partial charge in [-0.1, -0.05) is 6.92 Å². The van der Waals surface area contributed by atoms with Crippen LogP contribution in [0.1, 0.15) is 13.3 Å². The number of hydrogen-bond acceptors (Lipinski definition) is 5. The molecule has 1 aliphatic rings. The summed E-state index contributed by atoms with van der Waals surface area (Å²) < 4.78 is 31.6. The van der Waals surface area contributed by atoms with E-state index in [-0.39, 0.29) is 18.2 Å². The van der Waals surface area contributed by atoms with Crippen molar-refractivity contribution in [3.63, 3.8) is 0 Å². The van der Waals surface area contributed by atoms with Crippen molar-refractivity contribution in [2.24, 2.45) is 0 Å². The summed E-state index contributed by atoms with van der Waals surface area (Å²) in [7, 11) is 0.482. The summed E-state index contributed by atoms with van der Waals surface area (Å²) in [6.07, 6.45) is -0.518. The fourth-order valence-electron chi connectivity index (χ4n) is 1.89. The van der Waals surface area contributed by atoms with Crippen LogP contribution >= 0.6 is 7.82 Å². The van der Waals surface area contributed by atoms with Gasteiger partial charge in [0.05, 0.1) is 12.1 Å². The summed E-state index contributed by atoms with van der Waals surface area (Å²) in [5.41, 5.74) is 0. The van der Waals surface area contributed by atoms with Gasteiger partial charge in [-0.15, -0.1) is 0 Å². The maximum atomic E-state index is 11.4. The van der Waals surface area contributed by atoms with E-state index >= 15 is 0 Å². The predicted molar refractivity (Wildman–Crippen MR) is 60.0 cm³/mol. The van der Waals surface area contributed by atoms with Crippen LogP contribution in [-0.2, 0) is 23.1 Å². The van der Waals surface area contributed by atoms with E-state index in [4.69, 9.17) is 14.0 Å². The van der Waals surface area contributed by atoms with Gasteiger partial charge in [0.2, 0.25) is 0 Å². The van der Waals surface area contributed by atoms with E-state index in [2.05, 4.69) is 4.52 Å². The maximum absolute atomic E-state index is 11.4. The second-order valence-corrected chi connectivity index (χ2v) is 5.22. The zero-order chi connectivity index (χ0) is 12.3. The van der Waals surface area contributed by atoms with Crippen LogP contribution in [0, 0.1) is 0 Å². The fraction of sp³-hybridized carbons (Fsp3) is 1.00. The zero-order valence-electron chi connectivity index (χ0n) is 9.95. The molecule has 1 aliphatic heterocycles. The fourth-order valence-corrected chi connectivity index (χ4v) is 2.54. The number of ether oxygens (including phenoxy) is 2. The molecule has 0 amide bonds. The number of hydrogen-bond donors (Lipinski definition) is 1. The number of rotatable bonds is 5. The molecule has 3 unspecified atom stereocenters. The van der Waals surface area contributed by atoms with Crippen LogP contribution < -0.4 is 0 Å². The van der Waals surface area contributed by atoms with Crippen molar-refractivity contribution in [3.05, 3.63) is 0 Å². The molecular formula is C8H18BO6P. The second kappa shape index (κ2) is 5.62. The van der Waals surface area contributed by atoms with Crippen molar-refractivity contribution in [1.29, 1.82) is 0 Å². The highest BCUT2D eigenvalue weighted by Gasteiger charge is 2.45. The molecule has 0 radical (unpaired) electrons. The molecule has 94 valence electrons. The first-order valence-electron chi connectivity index (χ1n) is 5.20. The Kier molecular flexibility index (Phi) is 4.97. The van der Waals surface area contributed by atoms with Crippen molar-refractivity contribution in [2.75, 3.05) is 14.2 Å². The minimum Gasteiger partial charge on any atom is -0.378 e. The van der Waals surface area contributed by atoms with Gasteiger partial charge >= 0.3 is 7.82 Å². The van der Waals surface area contributed by atoms with E-state index < -0.39 is 13.9 Å². The monoisotopic (exact) mass is 252 g/mol. The minimum atomic E-state index is -4.01. The summed E-state index contributed by atoms with van der Waals surface area (Å²) in [4.78, 5) is 9.30. The van der Waals surface area contributed by atoms with Crippen LogP contribution in [0.3, 0.4) is 0 Å². The summed E-state index contributed by atoms with van der Waals surface area (Å²) in [5.74, 6) is 0. The Labute approximate surface area is 96.2 Å². The third kappa shape index (κ3) is 3.06. The van der Waals surface area contributed by atoms with Crippen molar-refractivity contribution in [1.82, 2.24) is 0 Å². The Morgan fingerprint density at radius 3 is 2.50 bits per heavy atom. The zero-order valence-corrected chi connectivity index (χ0v) is 10.8. The Hall–Kier alpha value is 0.0949. The van der Waals surface area contributed by atoms with Gasteiger partial charge in [-0.25, -0.2) is 4.57 Å². The molecule has 6 nitrogen and oxygen atoms in total. The molecule has 0 aliphatic carbocycles. The van der Waals surface area contributed by atoms with E-state index in [9.17, 15) is 9.46 Å². The van der Waals surface area contributed by atoms with Gasteiger partial charge in [0.25, 0.3) is 0 Å². The average molecular weight is 252 g/mol. The lowest BCUT2D eigenvalue weighted by Crippen LogP contribution is -2.36. The molecule has 0 spiro atoms. The van der Waals surface area contributed by atoms with Gasteiger partial charge in [0, 0.05) is 14.2 Å². The second-order valence-electron chi connectivity index (χ2n) is 3.71. The van der Waals surface area contributed by atoms with Gasteiger partial charge < -0.3 is 14.4 Å². The van der Waals surface area contributed by atoms with Crippen molar-refractivity contribution < 1.29 is 28.0 Å². The normalized spacial score (nSPS) is 38.5. The number of phosphoric acid groups is 1. The molecule has 5 atom stereocenters. The van der Waals surface area contributed by atoms with Crippen LogP contribution in [0.25, 0.3) is 0 Å². The van der Waals surface area contributed by atoms with Gasteiger partial charge in [0.1, 0.15) is 20.1 Å². The molecule has 8 heteroatoms. The van der Waals surface area contributed by atoms with E-state index in [0.717, 1.165) is 7.11 Å². The van der Waals surface area contributed by atoms with Crippen LogP contribution in [-0.4, -0.2) is 51.3 Å². The number of phosphoric ester groups is 1. The summed E-state index contributed by atoms with van der Waals surface area (Å²) in [6.45, 7) is 1.92. The molecule has 1 fully saturated rings. The highest BCUT2D eigenvalue weighted by atomic mass is 31.2. The first-order valence-corrected chi connectivity index (χ1v) is 6.70. The molecule has 1 rings (SSSR count). The quantitative estimate of drug-likeness (QED) is 0.544. The first-order chi connectivity index (χ1) is 7.45. The summed E-state index contributed by atoms with van der Waals surface area (Å²) >= 11 is 0. The molecule has 0 aromatic rings. The van der Waals surface area contributed by atoms with E-state index in [1.54, 1.807) is 0 Å². The molecule has 0 bridgehead atoms. The maximum Gasteiger partial charge on any atom is 0.472 e. The van der Waals surface area contributed by atoms with Gasteiger partial charge in [-0.05, 0) is 6.42 Å². The Balaban J connectivity index is 2.77. The highest BCUT2D eigenvalue weighted by Crippen LogP contribution is 2.46. The van der Waals surface area contributed by atoms with Crippen LogP contribution in [0.15, 0.2) is 0 Å². The van der Waals surface area contributed by atoms with Crippen LogP contribution in [0.2, 0.25) is 0 Å². The number of methoxy groups -OCH3 is 1. The van der Waals surface area contributed by atoms with Gasteiger partial charge in [0.15, 0.2) is 0 Å². The van der Waals surface area contributed by atoms with E-state index in [1.165, 1.54) is 7.11 Å². The highest BCUT2D eigenvalue weighted by molar-refractivity contribution is 7.47. The SMILES string of the molecule is B[C@@H]1O[C@H](CC)C(OP(=O)(O)OC)C1OC. The van der Waals surface area contributed by atoms with E-state index in [1.807, 2.05) is 14.8 Å². The molecule has 0 saturated carbocycles. The van der Waals surface area contributed by atoms with Crippen molar-refractivity contribution in [3.8, 4) is 0 Å².